The monoisotopic (exact) mass is 539 g/mol. The lowest BCUT2D eigenvalue weighted by Crippen LogP contribution is -2.22. The van der Waals surface area contributed by atoms with Gasteiger partial charge in [0.25, 0.3) is 0 Å². The fraction of sp³-hybridized carbons (Fsp3) is 0.472. The Bertz CT molecular complexity index is 1260. The quantitative estimate of drug-likeness (QED) is 0.252. The van der Waals surface area contributed by atoms with Gasteiger partial charge in [0.2, 0.25) is 5.91 Å². The summed E-state index contributed by atoms with van der Waals surface area (Å²) in [7, 11) is 0. The summed E-state index contributed by atoms with van der Waals surface area (Å²) >= 11 is 0. The standard InChI is InChI=1S/C36H45NO3/c1-36(2,3)30-22-21-26(32(38)18-6-4-5-13-25-14-7-8-15-25)23-31(30)37-35(39)24-29-27-16-9-11-19-33(27)40-34-20-12-10-17-28(29)34/h9-12,16-17,19-23,25,29,32,38H,4-8,13-15,18,24H2,1-3H3,(H,37,39). The van der Waals surface area contributed by atoms with Crippen LogP contribution in [0.1, 0.15) is 119 Å². The summed E-state index contributed by atoms with van der Waals surface area (Å²) in [6, 6.07) is 22.1. The molecule has 1 atom stereocenters. The molecule has 1 fully saturated rings. The van der Waals surface area contributed by atoms with Crippen molar-refractivity contribution >= 4 is 11.6 Å². The Hall–Kier alpha value is -3.11. The van der Waals surface area contributed by atoms with E-state index in [4.69, 9.17) is 4.74 Å². The highest BCUT2D eigenvalue weighted by Gasteiger charge is 2.29. The molecule has 0 aromatic heterocycles. The van der Waals surface area contributed by atoms with E-state index >= 15 is 0 Å². The Labute approximate surface area is 240 Å². The van der Waals surface area contributed by atoms with Crippen molar-refractivity contribution in [1.29, 1.82) is 0 Å². The molecule has 0 bridgehead atoms. The van der Waals surface area contributed by atoms with E-state index in [1.54, 1.807) is 0 Å². The lowest BCUT2D eigenvalue weighted by atomic mass is 9.83. The highest BCUT2D eigenvalue weighted by Crippen LogP contribution is 2.45. The van der Waals surface area contributed by atoms with Crippen molar-refractivity contribution < 1.29 is 14.6 Å². The first-order valence-corrected chi connectivity index (χ1v) is 15.3. The van der Waals surface area contributed by atoms with E-state index in [1.165, 1.54) is 44.9 Å². The van der Waals surface area contributed by atoms with Crippen molar-refractivity contribution in [2.45, 2.75) is 102 Å². The number of hydrogen-bond donors (Lipinski definition) is 2. The first-order chi connectivity index (χ1) is 19.3. The van der Waals surface area contributed by atoms with Crippen LogP contribution in [0.3, 0.4) is 0 Å². The van der Waals surface area contributed by atoms with Crippen LogP contribution in [0.5, 0.6) is 11.5 Å². The number of carbonyl (C=O) groups is 1. The second-order valence-corrected chi connectivity index (χ2v) is 12.8. The molecule has 1 amide bonds. The van der Waals surface area contributed by atoms with Crippen LogP contribution in [0.4, 0.5) is 5.69 Å². The number of aliphatic hydroxyl groups is 1. The number of aliphatic hydroxyl groups excluding tert-OH is 1. The van der Waals surface area contributed by atoms with Gasteiger partial charge in [-0.3, -0.25) is 4.79 Å². The highest BCUT2D eigenvalue weighted by molar-refractivity contribution is 5.93. The van der Waals surface area contributed by atoms with Crippen molar-refractivity contribution in [3.05, 3.63) is 89.0 Å². The van der Waals surface area contributed by atoms with Gasteiger partial charge in [-0.1, -0.05) is 121 Å². The zero-order valence-electron chi connectivity index (χ0n) is 24.4. The van der Waals surface area contributed by atoms with Gasteiger partial charge in [0.05, 0.1) is 6.10 Å². The number of unbranched alkanes of at least 4 members (excludes halogenated alkanes) is 2. The van der Waals surface area contributed by atoms with E-state index in [1.807, 2.05) is 48.5 Å². The van der Waals surface area contributed by atoms with E-state index in [0.29, 0.717) is 6.42 Å². The summed E-state index contributed by atoms with van der Waals surface area (Å²) < 4.78 is 6.13. The molecule has 1 aliphatic carbocycles. The fourth-order valence-corrected chi connectivity index (χ4v) is 6.55. The maximum atomic E-state index is 13.6. The molecule has 5 rings (SSSR count). The average molecular weight is 540 g/mol. The van der Waals surface area contributed by atoms with Crippen molar-refractivity contribution in [2.75, 3.05) is 5.32 Å². The Morgan fingerprint density at radius 3 is 2.23 bits per heavy atom. The summed E-state index contributed by atoms with van der Waals surface area (Å²) in [5, 5.41) is 14.3. The smallest absolute Gasteiger partial charge is 0.225 e. The van der Waals surface area contributed by atoms with Crippen LogP contribution in [-0.4, -0.2) is 11.0 Å². The molecule has 1 unspecified atom stereocenters. The minimum absolute atomic E-state index is 0.0411. The van der Waals surface area contributed by atoms with Crippen LogP contribution >= 0.6 is 0 Å². The van der Waals surface area contributed by atoms with Gasteiger partial charge >= 0.3 is 0 Å². The average Bonchev–Trinajstić information content (AvgIpc) is 3.45. The highest BCUT2D eigenvalue weighted by atomic mass is 16.5. The number of para-hydroxylation sites is 2. The first-order valence-electron chi connectivity index (χ1n) is 15.3. The number of fused-ring (bicyclic) bond motifs is 2. The second kappa shape index (κ2) is 12.6. The lowest BCUT2D eigenvalue weighted by molar-refractivity contribution is -0.116. The Morgan fingerprint density at radius 2 is 1.57 bits per heavy atom. The Morgan fingerprint density at radius 1 is 0.925 bits per heavy atom. The molecule has 2 aliphatic rings. The first kappa shape index (κ1) is 28.4. The molecule has 0 radical (unpaired) electrons. The fourth-order valence-electron chi connectivity index (χ4n) is 6.55. The van der Waals surface area contributed by atoms with Gasteiger partial charge in [0, 0.05) is 29.2 Å². The Balaban J connectivity index is 1.27. The summed E-state index contributed by atoms with van der Waals surface area (Å²) in [5.74, 6) is 2.42. The molecule has 0 spiro atoms. The van der Waals surface area contributed by atoms with Crippen LogP contribution in [-0.2, 0) is 10.2 Å². The molecule has 2 N–H and O–H groups in total. The number of ether oxygens (including phenoxy) is 1. The van der Waals surface area contributed by atoms with Crippen molar-refractivity contribution in [3.8, 4) is 11.5 Å². The maximum absolute atomic E-state index is 13.6. The van der Waals surface area contributed by atoms with Crippen molar-refractivity contribution in [1.82, 2.24) is 0 Å². The molecule has 4 heteroatoms. The normalized spacial score (nSPS) is 16.2. The third-order valence-electron chi connectivity index (χ3n) is 8.77. The van der Waals surface area contributed by atoms with Crippen LogP contribution in [0, 0.1) is 5.92 Å². The summed E-state index contributed by atoms with van der Waals surface area (Å²) in [5.41, 5.74) is 4.66. The van der Waals surface area contributed by atoms with Gasteiger partial charge in [-0.2, -0.15) is 0 Å². The Kier molecular flexibility index (Phi) is 8.95. The van der Waals surface area contributed by atoms with Gasteiger partial charge in [-0.25, -0.2) is 0 Å². The molecule has 3 aromatic rings. The number of carbonyl (C=O) groups excluding carboxylic acids is 1. The van der Waals surface area contributed by atoms with Gasteiger partial charge in [0.1, 0.15) is 11.5 Å². The van der Waals surface area contributed by atoms with E-state index in [0.717, 1.165) is 58.2 Å². The number of amides is 1. The molecule has 212 valence electrons. The topological polar surface area (TPSA) is 58.6 Å². The summed E-state index contributed by atoms with van der Waals surface area (Å²) in [6.07, 6.45) is 11.0. The van der Waals surface area contributed by atoms with Crippen LogP contribution < -0.4 is 10.1 Å². The van der Waals surface area contributed by atoms with Crippen molar-refractivity contribution in [2.24, 2.45) is 5.92 Å². The molecule has 40 heavy (non-hydrogen) atoms. The molecule has 0 saturated heterocycles. The van der Waals surface area contributed by atoms with Crippen molar-refractivity contribution in [3.63, 3.8) is 0 Å². The van der Waals surface area contributed by atoms with E-state index in [2.05, 4.69) is 44.3 Å². The summed E-state index contributed by atoms with van der Waals surface area (Å²) in [6.45, 7) is 6.47. The van der Waals surface area contributed by atoms with Gasteiger partial charge in [-0.15, -0.1) is 0 Å². The molecule has 3 aromatic carbocycles. The van der Waals surface area contributed by atoms with E-state index < -0.39 is 6.10 Å². The third-order valence-corrected chi connectivity index (χ3v) is 8.77. The van der Waals surface area contributed by atoms with Gasteiger partial charge in [0.15, 0.2) is 0 Å². The predicted octanol–water partition coefficient (Wildman–Crippen LogP) is 9.42. The lowest BCUT2D eigenvalue weighted by Gasteiger charge is -2.28. The molecule has 1 heterocycles. The van der Waals surface area contributed by atoms with E-state index in [-0.39, 0.29) is 17.2 Å². The molecular weight excluding hydrogens is 494 g/mol. The number of rotatable bonds is 10. The third kappa shape index (κ3) is 6.78. The summed E-state index contributed by atoms with van der Waals surface area (Å²) in [4.78, 5) is 13.6. The number of hydrogen-bond acceptors (Lipinski definition) is 3. The predicted molar refractivity (Wildman–Crippen MR) is 163 cm³/mol. The largest absolute Gasteiger partial charge is 0.457 e. The maximum Gasteiger partial charge on any atom is 0.225 e. The minimum atomic E-state index is -0.523. The molecule has 4 nitrogen and oxygen atoms in total. The van der Waals surface area contributed by atoms with Crippen LogP contribution in [0.25, 0.3) is 0 Å². The van der Waals surface area contributed by atoms with Gasteiger partial charge < -0.3 is 15.2 Å². The molecule has 1 aliphatic heterocycles. The zero-order chi connectivity index (χ0) is 28.1. The van der Waals surface area contributed by atoms with Gasteiger partial charge in [-0.05, 0) is 47.1 Å². The zero-order valence-corrected chi connectivity index (χ0v) is 24.4. The van der Waals surface area contributed by atoms with Crippen LogP contribution in [0.2, 0.25) is 0 Å². The number of benzene rings is 3. The molecule has 1 saturated carbocycles. The minimum Gasteiger partial charge on any atom is -0.457 e. The number of anilines is 1. The van der Waals surface area contributed by atoms with Crippen LogP contribution in [0.15, 0.2) is 66.7 Å². The number of nitrogens with one attached hydrogen (secondary N) is 1. The second-order valence-electron chi connectivity index (χ2n) is 12.8. The molecular formula is C36H45NO3. The van der Waals surface area contributed by atoms with E-state index in [9.17, 15) is 9.90 Å². The SMILES string of the molecule is CC(C)(C)c1ccc(C(O)CCCCCC2CCCC2)cc1NC(=O)CC1c2ccccc2Oc2ccccc21.